The molecule has 1 aliphatic rings. The van der Waals surface area contributed by atoms with Crippen molar-refractivity contribution in [2.45, 2.75) is 80.9 Å². The topological polar surface area (TPSA) is 166 Å². The zero-order chi connectivity index (χ0) is 29.0. The lowest BCUT2D eigenvalue weighted by Crippen LogP contribution is -2.38. The first-order valence-electron chi connectivity index (χ1n) is 12.7. The highest BCUT2D eigenvalue weighted by Crippen LogP contribution is 2.18. The SMILES string of the molecule is C.C=C1NC(=O)C=CN1C(C)C.Cc1nc(N)nc2c1ncn2C(C)C.Cc1nc2c(ncn2C(C)C)c(=O)[nH]1. The van der Waals surface area contributed by atoms with Crippen molar-refractivity contribution >= 4 is 34.2 Å². The molecule has 4 aromatic rings. The van der Waals surface area contributed by atoms with Crippen LogP contribution in [0.15, 0.2) is 42.1 Å². The van der Waals surface area contributed by atoms with Crippen LogP contribution in [0.2, 0.25) is 0 Å². The van der Waals surface area contributed by atoms with E-state index in [-0.39, 0.29) is 24.9 Å². The maximum absolute atomic E-state index is 11.5. The zero-order valence-electron chi connectivity index (χ0n) is 23.7. The van der Waals surface area contributed by atoms with E-state index in [4.69, 9.17) is 5.73 Å². The number of nitrogens with zero attached hydrogens (tertiary/aromatic N) is 8. The number of H-pyrrole nitrogens is 1. The van der Waals surface area contributed by atoms with Crippen molar-refractivity contribution in [3.05, 3.63) is 59.2 Å². The van der Waals surface area contributed by atoms with Crippen LogP contribution in [0.1, 0.15) is 72.6 Å². The lowest BCUT2D eigenvalue weighted by Gasteiger charge is -2.29. The number of anilines is 1. The number of nitrogens with two attached hydrogens (primary N) is 1. The number of carbonyl (C=O) groups excluding carboxylic acids is 1. The van der Waals surface area contributed by atoms with E-state index in [1.165, 1.54) is 6.08 Å². The molecule has 5 rings (SSSR count). The fourth-order valence-electron chi connectivity index (χ4n) is 3.84. The molecule has 0 aromatic carbocycles. The third-order valence-corrected chi connectivity index (χ3v) is 5.80. The van der Waals surface area contributed by atoms with Gasteiger partial charge >= 0.3 is 0 Å². The molecule has 0 bridgehead atoms. The molecule has 0 spiro atoms. The van der Waals surface area contributed by atoms with Crippen molar-refractivity contribution < 1.29 is 4.79 Å². The minimum absolute atomic E-state index is 0. The number of aryl methyl sites for hydroxylation is 2. The predicted octanol–water partition coefficient (Wildman–Crippen LogP) is 3.75. The number of rotatable bonds is 3. The Balaban J connectivity index is 0.000000210. The monoisotopic (exact) mass is 551 g/mol. The normalized spacial score (nSPS) is 12.8. The van der Waals surface area contributed by atoms with Gasteiger partial charge in [0.1, 0.15) is 17.2 Å². The molecule has 1 aliphatic heterocycles. The molecule has 4 N–H and O–H groups in total. The Bertz CT molecular complexity index is 1570. The van der Waals surface area contributed by atoms with E-state index < -0.39 is 0 Å². The molecular formula is C27H41N11O2. The van der Waals surface area contributed by atoms with Crippen molar-refractivity contribution in [2.24, 2.45) is 0 Å². The summed E-state index contributed by atoms with van der Waals surface area (Å²) >= 11 is 0. The summed E-state index contributed by atoms with van der Waals surface area (Å²) in [5.41, 5.74) is 8.94. The Morgan fingerprint density at radius 1 is 0.850 bits per heavy atom. The van der Waals surface area contributed by atoms with Crippen LogP contribution in [0.3, 0.4) is 0 Å². The largest absolute Gasteiger partial charge is 0.368 e. The van der Waals surface area contributed by atoms with E-state index in [1.807, 2.05) is 48.7 Å². The number of carbonyl (C=O) groups is 1. The van der Waals surface area contributed by atoms with Crippen molar-refractivity contribution in [3.8, 4) is 0 Å². The first-order chi connectivity index (χ1) is 18.3. The second kappa shape index (κ2) is 13.0. The highest BCUT2D eigenvalue weighted by atomic mass is 16.1. The van der Waals surface area contributed by atoms with Crippen LogP contribution in [0.4, 0.5) is 5.95 Å². The van der Waals surface area contributed by atoms with Crippen LogP contribution in [-0.2, 0) is 4.79 Å². The second-order valence-electron chi connectivity index (χ2n) is 9.91. The molecule has 13 heteroatoms. The van der Waals surface area contributed by atoms with Gasteiger partial charge in [0.2, 0.25) is 5.95 Å². The number of hydrogen-bond acceptors (Lipinski definition) is 9. The van der Waals surface area contributed by atoms with Crippen LogP contribution in [0.25, 0.3) is 22.3 Å². The van der Waals surface area contributed by atoms with Crippen LogP contribution in [0.5, 0.6) is 0 Å². The summed E-state index contributed by atoms with van der Waals surface area (Å²) in [6.45, 7) is 19.6. The van der Waals surface area contributed by atoms with Crippen molar-refractivity contribution in [1.82, 2.24) is 49.3 Å². The molecule has 13 nitrogen and oxygen atoms in total. The zero-order valence-corrected chi connectivity index (χ0v) is 23.7. The number of fused-ring (bicyclic) bond motifs is 2. The van der Waals surface area contributed by atoms with Gasteiger partial charge in [0, 0.05) is 30.4 Å². The molecule has 4 aromatic heterocycles. The average Bonchev–Trinajstić information content (AvgIpc) is 3.44. The Labute approximate surface area is 234 Å². The summed E-state index contributed by atoms with van der Waals surface area (Å²) < 4.78 is 3.87. The quantitative estimate of drug-likeness (QED) is 0.344. The van der Waals surface area contributed by atoms with Crippen molar-refractivity contribution in [3.63, 3.8) is 0 Å². The second-order valence-corrected chi connectivity index (χ2v) is 9.91. The fraction of sp³-hybridized carbons (Fsp3) is 0.444. The summed E-state index contributed by atoms with van der Waals surface area (Å²) in [6, 6.07) is 0.918. The Morgan fingerprint density at radius 2 is 1.40 bits per heavy atom. The third kappa shape index (κ3) is 7.10. The molecule has 1 amide bonds. The number of nitrogen functional groups attached to an aromatic ring is 1. The minimum atomic E-state index is -0.174. The van der Waals surface area contributed by atoms with Gasteiger partial charge in [-0.1, -0.05) is 14.0 Å². The molecular weight excluding hydrogens is 510 g/mol. The summed E-state index contributed by atoms with van der Waals surface area (Å²) in [5, 5.41) is 2.62. The van der Waals surface area contributed by atoms with Crippen molar-refractivity contribution in [1.29, 1.82) is 0 Å². The molecule has 5 heterocycles. The molecule has 216 valence electrons. The first kappa shape index (κ1) is 31.7. The standard InChI is InChI=1S/C9H13N5.C9H12N4O.C8H12N2O.CH4/c1-5(2)14-4-11-7-6(3)12-9(10)13-8(7)14;1-5(2)13-4-10-7-8(13)11-6(3)12-9(7)14;1-6(2)10-5-4-8(11)9-7(10)3;/h4-5H,1-3H3,(H2,10,12,13);4-5H,1-3H3,(H,11,12,14);4-6H,3H2,1-2H3,(H,9,11);1H4. The Morgan fingerprint density at radius 3 is 1.93 bits per heavy atom. The minimum Gasteiger partial charge on any atom is -0.368 e. The Kier molecular flexibility index (Phi) is 10.3. The van der Waals surface area contributed by atoms with E-state index in [9.17, 15) is 9.59 Å². The number of hydrogen-bond donors (Lipinski definition) is 3. The highest BCUT2D eigenvalue weighted by molar-refractivity contribution is 5.89. The van der Waals surface area contributed by atoms with Crippen LogP contribution in [0, 0.1) is 13.8 Å². The van der Waals surface area contributed by atoms with Gasteiger partial charge in [0.15, 0.2) is 16.8 Å². The molecule has 40 heavy (non-hydrogen) atoms. The van der Waals surface area contributed by atoms with Gasteiger partial charge in [-0.2, -0.15) is 4.98 Å². The summed E-state index contributed by atoms with van der Waals surface area (Å²) in [6.07, 6.45) is 6.66. The van der Waals surface area contributed by atoms with E-state index in [0.717, 1.165) is 16.9 Å². The molecule has 0 saturated heterocycles. The van der Waals surface area contributed by atoms with Gasteiger partial charge in [-0.3, -0.25) is 9.59 Å². The molecule has 0 unspecified atom stereocenters. The van der Waals surface area contributed by atoms with Gasteiger partial charge in [-0.25, -0.2) is 19.9 Å². The number of aromatic nitrogens is 8. The third-order valence-electron chi connectivity index (χ3n) is 5.80. The summed E-state index contributed by atoms with van der Waals surface area (Å²) in [7, 11) is 0. The molecule has 0 fully saturated rings. The van der Waals surface area contributed by atoms with Crippen LogP contribution >= 0.6 is 0 Å². The molecule has 0 saturated carbocycles. The van der Waals surface area contributed by atoms with E-state index in [0.29, 0.717) is 40.8 Å². The molecule has 0 atom stereocenters. The fourth-order valence-corrected chi connectivity index (χ4v) is 3.84. The predicted molar refractivity (Wildman–Crippen MR) is 158 cm³/mol. The van der Waals surface area contributed by atoms with E-state index >= 15 is 0 Å². The average molecular weight is 552 g/mol. The van der Waals surface area contributed by atoms with Gasteiger partial charge < -0.3 is 30.1 Å². The van der Waals surface area contributed by atoms with Crippen LogP contribution in [-0.4, -0.2) is 55.9 Å². The molecule has 0 radical (unpaired) electrons. The van der Waals surface area contributed by atoms with Gasteiger partial charge in [-0.05, 0) is 55.4 Å². The lowest BCUT2D eigenvalue weighted by atomic mass is 10.3. The summed E-state index contributed by atoms with van der Waals surface area (Å²) in [5.74, 6) is 1.46. The maximum Gasteiger partial charge on any atom is 0.279 e. The van der Waals surface area contributed by atoms with Gasteiger partial charge in [0.25, 0.3) is 11.5 Å². The van der Waals surface area contributed by atoms with Crippen LogP contribution < -0.4 is 16.6 Å². The van der Waals surface area contributed by atoms with E-state index in [1.54, 1.807) is 25.8 Å². The highest BCUT2D eigenvalue weighted by Gasteiger charge is 2.14. The number of nitrogens with one attached hydrogen (secondary N) is 2. The smallest absolute Gasteiger partial charge is 0.279 e. The Hall–Kier alpha value is -4.55. The van der Waals surface area contributed by atoms with Crippen molar-refractivity contribution in [2.75, 3.05) is 5.73 Å². The first-order valence-corrected chi connectivity index (χ1v) is 12.7. The number of imidazole rings is 2. The van der Waals surface area contributed by atoms with Gasteiger partial charge in [-0.15, -0.1) is 0 Å². The van der Waals surface area contributed by atoms with E-state index in [2.05, 4.69) is 55.6 Å². The number of amides is 1. The summed E-state index contributed by atoms with van der Waals surface area (Å²) in [4.78, 5) is 47.6. The maximum atomic E-state index is 11.5. The number of aromatic amines is 1. The lowest BCUT2D eigenvalue weighted by molar-refractivity contribution is -0.116. The molecule has 0 aliphatic carbocycles. The van der Waals surface area contributed by atoms with Gasteiger partial charge in [0.05, 0.1) is 18.3 Å².